The average Bonchev–Trinajstić information content (AvgIpc) is 2.23. The van der Waals surface area contributed by atoms with E-state index in [2.05, 4.69) is 5.32 Å². The zero-order chi connectivity index (χ0) is 15.6. The van der Waals surface area contributed by atoms with E-state index in [1.165, 1.54) is 0 Å². The topological polar surface area (TPSA) is 101 Å². The molecule has 1 aromatic carbocycles. The number of carbonyl (C=O) groups is 2. The molecule has 1 saturated carbocycles. The van der Waals surface area contributed by atoms with Crippen LogP contribution in [0.1, 0.15) is 18.4 Å². The molecule has 2 rings (SSSR count). The smallest absolute Gasteiger partial charge is 0.307 e. The lowest BCUT2D eigenvalue weighted by Crippen LogP contribution is -2.41. The van der Waals surface area contributed by atoms with Crippen LogP contribution in [0.2, 0.25) is 0 Å². The maximum Gasteiger partial charge on any atom is 0.307 e. The number of carbonyl (C=O) groups excluding carboxylic acids is 1. The van der Waals surface area contributed by atoms with E-state index < -0.39 is 27.6 Å². The maximum absolute atomic E-state index is 12.0. The Labute approximate surface area is 123 Å². The first-order valence-corrected chi connectivity index (χ1v) is 8.62. The lowest BCUT2D eigenvalue weighted by atomic mass is 9.73. The largest absolute Gasteiger partial charge is 0.481 e. The molecule has 0 heterocycles. The number of sulfone groups is 1. The molecule has 1 aromatic rings. The Morgan fingerprint density at radius 2 is 1.95 bits per heavy atom. The van der Waals surface area contributed by atoms with Gasteiger partial charge < -0.3 is 10.4 Å². The van der Waals surface area contributed by atoms with Gasteiger partial charge in [-0.1, -0.05) is 12.1 Å². The molecule has 0 radical (unpaired) electrons. The first kappa shape index (κ1) is 15.5. The maximum atomic E-state index is 12.0. The van der Waals surface area contributed by atoms with Crippen LogP contribution in [0.15, 0.2) is 24.3 Å². The van der Waals surface area contributed by atoms with E-state index in [4.69, 9.17) is 5.11 Å². The quantitative estimate of drug-likeness (QED) is 0.853. The number of rotatable bonds is 5. The summed E-state index contributed by atoms with van der Waals surface area (Å²) in [5.74, 6) is -2.51. The monoisotopic (exact) mass is 311 g/mol. The predicted molar refractivity (Wildman–Crippen MR) is 77.5 cm³/mol. The molecule has 1 aliphatic carbocycles. The van der Waals surface area contributed by atoms with Crippen LogP contribution >= 0.6 is 0 Å². The summed E-state index contributed by atoms with van der Waals surface area (Å²) < 4.78 is 22.5. The zero-order valence-electron chi connectivity index (χ0n) is 11.6. The number of amides is 1. The van der Waals surface area contributed by atoms with Crippen molar-refractivity contribution in [3.63, 3.8) is 0 Å². The van der Waals surface area contributed by atoms with Crippen molar-refractivity contribution >= 4 is 27.4 Å². The van der Waals surface area contributed by atoms with Crippen molar-refractivity contribution in [2.24, 2.45) is 11.8 Å². The third kappa shape index (κ3) is 4.04. The highest BCUT2D eigenvalue weighted by molar-refractivity contribution is 7.89. The minimum atomic E-state index is -3.14. The molecule has 0 aromatic heterocycles. The molecule has 0 bridgehead atoms. The van der Waals surface area contributed by atoms with Gasteiger partial charge in [-0.2, -0.15) is 0 Å². The summed E-state index contributed by atoms with van der Waals surface area (Å²) in [4.78, 5) is 22.9. The van der Waals surface area contributed by atoms with E-state index in [1.807, 2.05) is 0 Å². The first-order chi connectivity index (χ1) is 9.76. The molecule has 7 heteroatoms. The summed E-state index contributed by atoms with van der Waals surface area (Å²) in [6, 6.07) is 6.57. The first-order valence-electron chi connectivity index (χ1n) is 6.56. The molecule has 2 unspecified atom stereocenters. The van der Waals surface area contributed by atoms with Crippen molar-refractivity contribution in [3.05, 3.63) is 29.8 Å². The van der Waals surface area contributed by atoms with Crippen LogP contribution < -0.4 is 5.32 Å². The number of anilines is 1. The SMILES string of the molecule is CS(=O)(=O)Cc1cccc(NC(=O)C2CCC2C(=O)O)c1. The molecular formula is C14H17NO5S. The Morgan fingerprint density at radius 3 is 2.48 bits per heavy atom. The van der Waals surface area contributed by atoms with E-state index in [1.54, 1.807) is 24.3 Å². The van der Waals surface area contributed by atoms with Crippen LogP contribution in [-0.2, 0) is 25.2 Å². The molecule has 2 atom stereocenters. The molecule has 6 nitrogen and oxygen atoms in total. The third-order valence-electron chi connectivity index (χ3n) is 3.55. The number of hydrogen-bond acceptors (Lipinski definition) is 4. The normalized spacial score (nSPS) is 21.4. The lowest BCUT2D eigenvalue weighted by Gasteiger charge is -2.31. The van der Waals surface area contributed by atoms with Gasteiger partial charge in [-0.15, -0.1) is 0 Å². The molecule has 0 aliphatic heterocycles. The van der Waals surface area contributed by atoms with Crippen molar-refractivity contribution < 1.29 is 23.1 Å². The van der Waals surface area contributed by atoms with Crippen LogP contribution in [-0.4, -0.2) is 31.7 Å². The van der Waals surface area contributed by atoms with Gasteiger partial charge in [-0.3, -0.25) is 9.59 Å². The molecule has 1 amide bonds. The van der Waals surface area contributed by atoms with Crippen molar-refractivity contribution in [3.8, 4) is 0 Å². The fourth-order valence-corrected chi connectivity index (χ4v) is 3.17. The summed E-state index contributed by atoms with van der Waals surface area (Å²) in [6.07, 6.45) is 2.22. The summed E-state index contributed by atoms with van der Waals surface area (Å²) in [7, 11) is -3.14. The molecule has 1 fully saturated rings. The zero-order valence-corrected chi connectivity index (χ0v) is 12.4. The molecule has 0 spiro atoms. The summed E-state index contributed by atoms with van der Waals surface area (Å²) in [6.45, 7) is 0. The van der Waals surface area contributed by atoms with Crippen molar-refractivity contribution in [1.29, 1.82) is 0 Å². The van der Waals surface area contributed by atoms with Crippen LogP contribution in [0.3, 0.4) is 0 Å². The minimum absolute atomic E-state index is 0.0993. The van der Waals surface area contributed by atoms with Gasteiger partial charge in [0.2, 0.25) is 5.91 Å². The second-order valence-electron chi connectivity index (χ2n) is 5.39. The molecular weight excluding hydrogens is 294 g/mol. The number of aliphatic carboxylic acids is 1. The van der Waals surface area contributed by atoms with Crippen LogP contribution in [0, 0.1) is 11.8 Å². The Kier molecular flexibility index (Phi) is 4.32. The average molecular weight is 311 g/mol. The Balaban J connectivity index is 2.05. The van der Waals surface area contributed by atoms with Gasteiger partial charge in [0.05, 0.1) is 17.6 Å². The van der Waals surface area contributed by atoms with E-state index in [0.29, 0.717) is 24.1 Å². The Morgan fingerprint density at radius 1 is 1.29 bits per heavy atom. The Bertz CT molecular complexity index is 668. The predicted octanol–water partition coefficient (Wildman–Crippen LogP) is 1.28. The van der Waals surface area contributed by atoms with E-state index in [9.17, 15) is 18.0 Å². The highest BCUT2D eigenvalue weighted by Crippen LogP contribution is 2.35. The van der Waals surface area contributed by atoms with Crippen LogP contribution in [0.25, 0.3) is 0 Å². The molecule has 1 aliphatic rings. The number of carboxylic acids is 1. The van der Waals surface area contributed by atoms with Gasteiger partial charge in [0.15, 0.2) is 9.84 Å². The molecule has 2 N–H and O–H groups in total. The van der Waals surface area contributed by atoms with Crippen LogP contribution in [0.5, 0.6) is 0 Å². The van der Waals surface area contributed by atoms with Gasteiger partial charge in [0, 0.05) is 11.9 Å². The van der Waals surface area contributed by atoms with E-state index >= 15 is 0 Å². The molecule has 0 saturated heterocycles. The summed E-state index contributed by atoms with van der Waals surface area (Å²) in [5, 5.41) is 11.6. The lowest BCUT2D eigenvalue weighted by molar-refractivity contribution is -0.151. The summed E-state index contributed by atoms with van der Waals surface area (Å²) in [5.41, 5.74) is 1.07. The van der Waals surface area contributed by atoms with Gasteiger partial charge in [0.1, 0.15) is 0 Å². The summed E-state index contributed by atoms with van der Waals surface area (Å²) >= 11 is 0. The van der Waals surface area contributed by atoms with Crippen molar-refractivity contribution in [2.75, 3.05) is 11.6 Å². The second kappa shape index (κ2) is 5.85. The van der Waals surface area contributed by atoms with Gasteiger partial charge in [0.25, 0.3) is 0 Å². The minimum Gasteiger partial charge on any atom is -0.481 e. The number of nitrogens with one attached hydrogen (secondary N) is 1. The number of carboxylic acid groups (broad SMARTS) is 1. The highest BCUT2D eigenvalue weighted by Gasteiger charge is 2.41. The van der Waals surface area contributed by atoms with Gasteiger partial charge in [-0.05, 0) is 30.5 Å². The fraction of sp³-hybridized carbons (Fsp3) is 0.429. The molecule has 114 valence electrons. The van der Waals surface area contributed by atoms with Crippen molar-refractivity contribution in [2.45, 2.75) is 18.6 Å². The van der Waals surface area contributed by atoms with Gasteiger partial charge in [-0.25, -0.2) is 8.42 Å². The highest BCUT2D eigenvalue weighted by atomic mass is 32.2. The van der Waals surface area contributed by atoms with Crippen molar-refractivity contribution in [1.82, 2.24) is 0 Å². The van der Waals surface area contributed by atoms with E-state index in [0.717, 1.165) is 6.26 Å². The third-order valence-corrected chi connectivity index (χ3v) is 4.41. The van der Waals surface area contributed by atoms with Crippen LogP contribution in [0.4, 0.5) is 5.69 Å². The van der Waals surface area contributed by atoms with Gasteiger partial charge >= 0.3 is 5.97 Å². The number of benzene rings is 1. The Hall–Kier alpha value is -1.89. The van der Waals surface area contributed by atoms with E-state index in [-0.39, 0.29) is 11.7 Å². The standard InChI is InChI=1S/C14H17NO5S/c1-21(19,20)8-9-3-2-4-10(7-9)15-13(16)11-5-6-12(11)14(17)18/h2-4,7,11-12H,5-6,8H2,1H3,(H,15,16)(H,17,18). The molecule has 21 heavy (non-hydrogen) atoms. The fourth-order valence-electron chi connectivity index (χ4n) is 2.39. The second-order valence-corrected chi connectivity index (χ2v) is 7.53. The number of hydrogen-bond donors (Lipinski definition) is 2.